The molecule has 0 bridgehead atoms. The summed E-state index contributed by atoms with van der Waals surface area (Å²) >= 11 is 5.99. The van der Waals surface area contributed by atoms with Crippen LogP contribution in [-0.2, 0) is 16.3 Å². The van der Waals surface area contributed by atoms with Gasteiger partial charge in [0.25, 0.3) is 0 Å². The summed E-state index contributed by atoms with van der Waals surface area (Å²) in [6.45, 7) is 2.35. The molecule has 0 unspecified atom stereocenters. The SMILES string of the molecule is C[C@H](Cc1ccc(S(=O)(=O)c2ccc(Oc3cccc(C(=O)[O-])c3)cc2)cc1)NC[C@H](O)c1cccc(Cl)c1.[Na+]. The van der Waals surface area contributed by atoms with E-state index in [0.29, 0.717) is 29.5 Å². The van der Waals surface area contributed by atoms with Gasteiger partial charge in [0, 0.05) is 23.2 Å². The second kappa shape index (κ2) is 14.3. The van der Waals surface area contributed by atoms with Crippen LogP contribution >= 0.6 is 11.6 Å². The van der Waals surface area contributed by atoms with Gasteiger partial charge in [-0.3, -0.25) is 0 Å². The van der Waals surface area contributed by atoms with Crippen LogP contribution in [0.4, 0.5) is 0 Å². The average molecular weight is 588 g/mol. The normalized spacial score (nSPS) is 12.7. The third-order valence-corrected chi connectivity index (χ3v) is 8.13. The maximum Gasteiger partial charge on any atom is 1.00 e. The van der Waals surface area contributed by atoms with Crippen molar-refractivity contribution in [3.63, 3.8) is 0 Å². The van der Waals surface area contributed by atoms with Crippen LogP contribution in [-0.4, -0.2) is 32.1 Å². The first kappa shape index (κ1) is 31.8. The molecule has 2 atom stereocenters. The fourth-order valence-corrected chi connectivity index (χ4v) is 5.48. The number of aromatic carboxylic acids is 1. The molecule has 0 radical (unpaired) electrons. The quantitative estimate of drug-likeness (QED) is 0.256. The van der Waals surface area contributed by atoms with Crippen molar-refractivity contribution in [2.75, 3.05) is 6.54 Å². The van der Waals surface area contributed by atoms with E-state index in [0.717, 1.165) is 11.1 Å². The van der Waals surface area contributed by atoms with Gasteiger partial charge < -0.3 is 25.1 Å². The molecule has 7 nitrogen and oxygen atoms in total. The molecule has 40 heavy (non-hydrogen) atoms. The second-order valence-corrected chi connectivity index (χ2v) is 11.5. The Morgan fingerprint density at radius 3 is 2.17 bits per heavy atom. The van der Waals surface area contributed by atoms with Crippen LogP contribution in [0.5, 0.6) is 11.5 Å². The molecule has 0 saturated carbocycles. The van der Waals surface area contributed by atoms with Gasteiger partial charge in [-0.2, -0.15) is 0 Å². The van der Waals surface area contributed by atoms with Crippen molar-refractivity contribution in [3.05, 3.63) is 119 Å². The number of aliphatic hydroxyl groups excluding tert-OH is 1. The molecule has 0 aliphatic carbocycles. The number of carbonyl (C=O) groups is 1. The van der Waals surface area contributed by atoms with E-state index in [1.807, 2.05) is 13.0 Å². The van der Waals surface area contributed by atoms with Crippen molar-refractivity contribution < 1.29 is 57.7 Å². The van der Waals surface area contributed by atoms with E-state index in [1.165, 1.54) is 42.5 Å². The fourth-order valence-electron chi connectivity index (χ4n) is 4.02. The zero-order chi connectivity index (χ0) is 28.0. The predicted octanol–water partition coefficient (Wildman–Crippen LogP) is 1.59. The Hall–Kier alpha value is -2.69. The van der Waals surface area contributed by atoms with Gasteiger partial charge in [0.05, 0.1) is 21.9 Å². The van der Waals surface area contributed by atoms with E-state index in [9.17, 15) is 23.4 Å². The molecule has 4 rings (SSSR count). The molecule has 4 aromatic rings. The van der Waals surface area contributed by atoms with Gasteiger partial charge in [-0.15, -0.1) is 0 Å². The Balaban J connectivity index is 0.00000441. The van der Waals surface area contributed by atoms with Crippen LogP contribution in [0.2, 0.25) is 5.02 Å². The number of rotatable bonds is 11. The summed E-state index contributed by atoms with van der Waals surface area (Å²) in [4.78, 5) is 11.3. The minimum Gasteiger partial charge on any atom is -0.545 e. The van der Waals surface area contributed by atoms with Crippen LogP contribution in [0.15, 0.2) is 107 Å². The van der Waals surface area contributed by atoms with E-state index in [-0.39, 0.29) is 51.0 Å². The van der Waals surface area contributed by atoms with Gasteiger partial charge in [0.15, 0.2) is 0 Å². The van der Waals surface area contributed by atoms with E-state index in [1.54, 1.807) is 48.5 Å². The molecule has 10 heteroatoms. The monoisotopic (exact) mass is 587 g/mol. The van der Waals surface area contributed by atoms with Crippen molar-refractivity contribution in [3.8, 4) is 11.5 Å². The van der Waals surface area contributed by atoms with Crippen molar-refractivity contribution in [2.45, 2.75) is 35.3 Å². The molecular weight excluding hydrogens is 561 g/mol. The van der Waals surface area contributed by atoms with Crippen LogP contribution < -0.4 is 44.7 Å². The van der Waals surface area contributed by atoms with E-state index >= 15 is 0 Å². The zero-order valence-electron chi connectivity index (χ0n) is 22.1. The molecular formula is C30H27ClNNaO6S. The van der Waals surface area contributed by atoms with Crippen molar-refractivity contribution >= 4 is 27.4 Å². The molecule has 0 spiro atoms. The number of carboxylic acid groups (broad SMARTS) is 1. The van der Waals surface area contributed by atoms with Crippen molar-refractivity contribution in [1.82, 2.24) is 5.32 Å². The molecule has 0 fully saturated rings. The summed E-state index contributed by atoms with van der Waals surface area (Å²) < 4.78 is 31.9. The Morgan fingerprint density at radius 2 is 1.55 bits per heavy atom. The summed E-state index contributed by atoms with van der Waals surface area (Å²) in [7, 11) is -3.75. The smallest absolute Gasteiger partial charge is 0.545 e. The van der Waals surface area contributed by atoms with Crippen LogP contribution in [0.25, 0.3) is 0 Å². The van der Waals surface area contributed by atoms with E-state index in [4.69, 9.17) is 16.3 Å². The number of sulfone groups is 1. The largest absolute Gasteiger partial charge is 1.00 e. The van der Waals surface area contributed by atoms with Gasteiger partial charge >= 0.3 is 29.6 Å². The Labute approximate surface area is 261 Å². The number of aliphatic hydroxyl groups is 1. The summed E-state index contributed by atoms with van der Waals surface area (Å²) in [5.41, 5.74) is 1.67. The zero-order valence-corrected chi connectivity index (χ0v) is 25.7. The topological polar surface area (TPSA) is 116 Å². The van der Waals surface area contributed by atoms with Gasteiger partial charge in [0.2, 0.25) is 9.84 Å². The fraction of sp³-hybridized carbons (Fsp3) is 0.167. The maximum absolute atomic E-state index is 13.1. The standard InChI is InChI=1S/C30H28ClNO6S.Na/c1-20(32-19-29(33)22-4-2-6-24(31)17-22)16-21-8-12-27(13-9-21)39(36,37)28-14-10-25(11-15-28)38-26-7-3-5-23(18-26)30(34)35;/h2-15,17-18,20,29,32-33H,16,19H2,1H3,(H,34,35);/q;+1/p-1/t20-,29+;/m1./s1. The maximum atomic E-state index is 13.1. The number of carboxylic acids is 1. The third kappa shape index (κ3) is 8.41. The Morgan fingerprint density at radius 1 is 0.925 bits per heavy atom. The first-order valence-corrected chi connectivity index (χ1v) is 14.1. The predicted molar refractivity (Wildman–Crippen MR) is 147 cm³/mol. The van der Waals surface area contributed by atoms with Crippen LogP contribution in [0, 0.1) is 0 Å². The van der Waals surface area contributed by atoms with Crippen LogP contribution in [0.1, 0.15) is 34.5 Å². The van der Waals surface area contributed by atoms with E-state index < -0.39 is 21.9 Å². The number of hydrogen-bond donors (Lipinski definition) is 2. The first-order chi connectivity index (χ1) is 18.6. The summed E-state index contributed by atoms with van der Waals surface area (Å²) in [6.07, 6.45) is -0.0454. The van der Waals surface area contributed by atoms with Crippen molar-refractivity contribution in [2.24, 2.45) is 0 Å². The molecule has 0 heterocycles. The third-order valence-electron chi connectivity index (χ3n) is 6.11. The molecule has 4 aromatic carbocycles. The Bertz CT molecular complexity index is 1550. The number of nitrogens with one attached hydrogen (secondary N) is 1. The molecule has 2 N–H and O–H groups in total. The summed E-state index contributed by atoms with van der Waals surface area (Å²) in [6, 6.07) is 25.6. The first-order valence-electron chi connectivity index (χ1n) is 12.2. The molecule has 0 aliphatic heterocycles. The number of halogens is 1. The van der Waals surface area contributed by atoms with Gasteiger partial charge in [-0.25, -0.2) is 8.42 Å². The Kier molecular flexibility index (Phi) is 11.4. The number of ether oxygens (including phenoxy) is 1. The molecule has 0 saturated heterocycles. The molecule has 0 aromatic heterocycles. The van der Waals surface area contributed by atoms with Crippen molar-refractivity contribution in [1.29, 1.82) is 0 Å². The minimum absolute atomic E-state index is 0. The molecule has 202 valence electrons. The second-order valence-electron chi connectivity index (χ2n) is 9.12. The summed E-state index contributed by atoms with van der Waals surface area (Å²) in [5, 5.41) is 25.3. The number of carbonyl (C=O) groups excluding carboxylic acids is 1. The molecule has 0 amide bonds. The van der Waals surface area contributed by atoms with E-state index in [2.05, 4.69) is 5.32 Å². The average Bonchev–Trinajstić information content (AvgIpc) is 2.92. The van der Waals surface area contributed by atoms with Gasteiger partial charge in [-0.05, 0) is 85.1 Å². The van der Waals surface area contributed by atoms with Gasteiger partial charge in [0.1, 0.15) is 11.5 Å². The number of hydrogen-bond acceptors (Lipinski definition) is 7. The summed E-state index contributed by atoms with van der Waals surface area (Å²) in [5.74, 6) is -0.654. The number of benzene rings is 4. The van der Waals surface area contributed by atoms with Gasteiger partial charge in [-0.1, -0.05) is 48.0 Å². The minimum atomic E-state index is -3.75. The van der Waals surface area contributed by atoms with Crippen LogP contribution in [0.3, 0.4) is 0 Å². The molecule has 0 aliphatic rings.